The molecule has 0 fully saturated rings. The quantitative estimate of drug-likeness (QED) is 0.212. The molecule has 0 saturated carbocycles. The number of methoxy groups -OCH3 is 1. The van der Waals surface area contributed by atoms with E-state index in [2.05, 4.69) is 134 Å². The van der Waals surface area contributed by atoms with E-state index < -0.39 is 0 Å². The second-order valence-electron chi connectivity index (χ2n) is 10.3. The van der Waals surface area contributed by atoms with Gasteiger partial charge in [-0.1, -0.05) is 117 Å². The summed E-state index contributed by atoms with van der Waals surface area (Å²) in [7, 11) is 1.76. The second kappa shape index (κ2) is 14.7. The molecule has 204 valence electrons. The van der Waals surface area contributed by atoms with E-state index in [1.807, 2.05) is 0 Å². The van der Waals surface area contributed by atoms with Gasteiger partial charge in [0.05, 0.1) is 12.6 Å². The number of hydrogen-bond acceptors (Lipinski definition) is 3. The number of hydrogen-bond donors (Lipinski definition) is 2. The van der Waals surface area contributed by atoms with Crippen LogP contribution < -0.4 is 15.4 Å². The van der Waals surface area contributed by atoms with Crippen LogP contribution >= 0.6 is 0 Å². The average molecular weight is 521 g/mol. The molecule has 1 aliphatic carbocycles. The zero-order chi connectivity index (χ0) is 27.3. The fourth-order valence-electron chi connectivity index (χ4n) is 5.65. The van der Waals surface area contributed by atoms with Gasteiger partial charge < -0.3 is 15.4 Å². The van der Waals surface area contributed by atoms with Gasteiger partial charge in [-0.05, 0) is 79.1 Å². The standard InChI is InChI=1S/C22H23N.C14H21NO/c1-2-18-23-22(19-12-6-3-7-13-19,20-14-8-4-9-15-20)21-16-10-5-11-17-21;1-3-9-15-12-8-7-11-5-4-6-14(16-2)13(11)10-12/h3-17,23H,2,18H2,1H3;4-6,12,15H,3,7-10H2,1-2H3. The van der Waals surface area contributed by atoms with Crippen LogP contribution in [0.4, 0.5) is 0 Å². The molecule has 4 aromatic rings. The molecular formula is C36H44N2O. The van der Waals surface area contributed by atoms with Crippen LogP contribution in [0.25, 0.3) is 0 Å². The van der Waals surface area contributed by atoms with Crippen LogP contribution in [0.5, 0.6) is 5.75 Å². The van der Waals surface area contributed by atoms with Crippen molar-refractivity contribution in [3.05, 3.63) is 137 Å². The van der Waals surface area contributed by atoms with E-state index in [1.54, 1.807) is 7.11 Å². The van der Waals surface area contributed by atoms with Crippen molar-refractivity contribution in [1.29, 1.82) is 0 Å². The molecule has 0 aromatic heterocycles. The minimum atomic E-state index is -0.320. The molecule has 1 unspecified atom stereocenters. The van der Waals surface area contributed by atoms with Gasteiger partial charge in [0.15, 0.2) is 0 Å². The van der Waals surface area contributed by atoms with Gasteiger partial charge in [0.25, 0.3) is 0 Å². The minimum Gasteiger partial charge on any atom is -0.496 e. The lowest BCUT2D eigenvalue weighted by molar-refractivity contribution is 0.394. The molecule has 0 spiro atoms. The Morgan fingerprint density at radius 2 is 1.23 bits per heavy atom. The van der Waals surface area contributed by atoms with Gasteiger partial charge >= 0.3 is 0 Å². The summed E-state index contributed by atoms with van der Waals surface area (Å²) in [6.45, 7) is 6.50. The first-order valence-electron chi connectivity index (χ1n) is 14.5. The van der Waals surface area contributed by atoms with Gasteiger partial charge in [0.1, 0.15) is 5.75 Å². The first kappa shape index (κ1) is 28.6. The Balaban J connectivity index is 0.000000193. The third-order valence-electron chi connectivity index (χ3n) is 7.61. The number of rotatable bonds is 10. The van der Waals surface area contributed by atoms with Crippen LogP contribution in [0.3, 0.4) is 0 Å². The van der Waals surface area contributed by atoms with E-state index in [9.17, 15) is 0 Å². The van der Waals surface area contributed by atoms with Crippen LogP contribution in [0, 0.1) is 0 Å². The Kier molecular flexibility index (Phi) is 10.8. The Bertz CT molecular complexity index is 1130. The summed E-state index contributed by atoms with van der Waals surface area (Å²) in [5, 5.41) is 7.44. The van der Waals surface area contributed by atoms with Gasteiger partial charge in [0.2, 0.25) is 0 Å². The van der Waals surface area contributed by atoms with Crippen molar-refractivity contribution >= 4 is 0 Å². The summed E-state index contributed by atoms with van der Waals surface area (Å²) in [5.74, 6) is 1.06. The molecule has 0 heterocycles. The van der Waals surface area contributed by atoms with E-state index in [0.717, 1.165) is 31.7 Å². The first-order chi connectivity index (χ1) is 19.2. The largest absolute Gasteiger partial charge is 0.496 e. The maximum atomic E-state index is 5.44. The lowest BCUT2D eigenvalue weighted by Gasteiger charge is -2.37. The molecule has 0 radical (unpaired) electrons. The van der Waals surface area contributed by atoms with Crippen molar-refractivity contribution in [2.24, 2.45) is 0 Å². The molecule has 2 N–H and O–H groups in total. The molecule has 0 bridgehead atoms. The van der Waals surface area contributed by atoms with Gasteiger partial charge in [-0.2, -0.15) is 0 Å². The van der Waals surface area contributed by atoms with Crippen molar-refractivity contribution in [3.63, 3.8) is 0 Å². The van der Waals surface area contributed by atoms with Crippen molar-refractivity contribution in [2.45, 2.75) is 57.5 Å². The highest BCUT2D eigenvalue weighted by molar-refractivity contribution is 5.49. The van der Waals surface area contributed by atoms with Crippen molar-refractivity contribution < 1.29 is 4.74 Å². The second-order valence-corrected chi connectivity index (χ2v) is 10.3. The van der Waals surface area contributed by atoms with E-state index in [-0.39, 0.29) is 5.54 Å². The summed E-state index contributed by atoms with van der Waals surface area (Å²) < 4.78 is 5.44. The molecule has 3 heteroatoms. The molecule has 4 aromatic carbocycles. The Morgan fingerprint density at radius 1 is 0.692 bits per heavy atom. The van der Waals surface area contributed by atoms with E-state index in [4.69, 9.17) is 4.74 Å². The van der Waals surface area contributed by atoms with Gasteiger partial charge in [-0.3, -0.25) is 0 Å². The summed E-state index contributed by atoms with van der Waals surface area (Å²) in [4.78, 5) is 0. The maximum absolute atomic E-state index is 5.44. The van der Waals surface area contributed by atoms with E-state index in [0.29, 0.717) is 6.04 Å². The topological polar surface area (TPSA) is 33.3 Å². The van der Waals surface area contributed by atoms with Gasteiger partial charge in [-0.25, -0.2) is 0 Å². The summed E-state index contributed by atoms with van der Waals surface area (Å²) in [6, 6.07) is 39.2. The van der Waals surface area contributed by atoms with Gasteiger partial charge in [0, 0.05) is 6.04 Å². The molecule has 5 rings (SSSR count). The Hall–Kier alpha value is -3.40. The third kappa shape index (κ3) is 6.98. The molecule has 39 heavy (non-hydrogen) atoms. The van der Waals surface area contributed by atoms with Crippen LogP contribution in [0.15, 0.2) is 109 Å². The van der Waals surface area contributed by atoms with E-state index >= 15 is 0 Å². The highest BCUT2D eigenvalue weighted by atomic mass is 16.5. The monoisotopic (exact) mass is 520 g/mol. The predicted octanol–water partition coefficient (Wildman–Crippen LogP) is 7.53. The van der Waals surface area contributed by atoms with Crippen LogP contribution in [0.1, 0.15) is 60.9 Å². The first-order valence-corrected chi connectivity index (χ1v) is 14.5. The molecule has 0 amide bonds. The van der Waals surface area contributed by atoms with Crippen LogP contribution in [-0.4, -0.2) is 26.2 Å². The maximum Gasteiger partial charge on any atom is 0.122 e. The van der Waals surface area contributed by atoms with Crippen molar-refractivity contribution in [2.75, 3.05) is 20.2 Å². The number of benzene rings is 4. The number of ether oxygens (including phenoxy) is 1. The van der Waals surface area contributed by atoms with Crippen molar-refractivity contribution in [3.8, 4) is 5.75 Å². The summed E-state index contributed by atoms with van der Waals surface area (Å²) >= 11 is 0. The lowest BCUT2D eigenvalue weighted by Crippen LogP contribution is -2.45. The zero-order valence-electron chi connectivity index (χ0n) is 23.8. The molecular weight excluding hydrogens is 476 g/mol. The highest BCUT2D eigenvalue weighted by Gasteiger charge is 2.35. The van der Waals surface area contributed by atoms with Crippen LogP contribution in [0.2, 0.25) is 0 Å². The Labute approximate surface area is 235 Å². The molecule has 0 saturated heterocycles. The summed E-state index contributed by atoms with van der Waals surface area (Å²) in [5.41, 5.74) is 6.36. The van der Waals surface area contributed by atoms with E-state index in [1.165, 1.54) is 47.1 Å². The molecule has 1 atom stereocenters. The zero-order valence-corrected chi connectivity index (χ0v) is 23.8. The van der Waals surface area contributed by atoms with Gasteiger partial charge in [-0.15, -0.1) is 0 Å². The molecule has 0 aliphatic heterocycles. The third-order valence-corrected chi connectivity index (χ3v) is 7.61. The lowest BCUT2D eigenvalue weighted by atomic mass is 9.77. The van der Waals surface area contributed by atoms with Crippen LogP contribution in [-0.2, 0) is 18.4 Å². The number of nitrogens with one attached hydrogen (secondary N) is 2. The van der Waals surface area contributed by atoms with Crippen molar-refractivity contribution in [1.82, 2.24) is 10.6 Å². The average Bonchev–Trinajstić information content (AvgIpc) is 3.02. The fraction of sp³-hybridized carbons (Fsp3) is 0.333. The molecule has 1 aliphatic rings. The predicted molar refractivity (Wildman–Crippen MR) is 165 cm³/mol. The normalized spacial score (nSPS) is 14.6. The highest BCUT2D eigenvalue weighted by Crippen LogP contribution is 2.36. The fourth-order valence-corrected chi connectivity index (χ4v) is 5.65. The smallest absolute Gasteiger partial charge is 0.122 e. The SMILES string of the molecule is CCCNC(c1ccccc1)(c1ccccc1)c1ccccc1.CCCNC1CCc2cccc(OC)c2C1. The number of aryl methyl sites for hydroxylation is 1. The summed E-state index contributed by atoms with van der Waals surface area (Å²) in [6.07, 6.45) is 5.83. The minimum absolute atomic E-state index is 0.320. The number of fused-ring (bicyclic) bond motifs is 1. The Morgan fingerprint density at radius 3 is 1.72 bits per heavy atom. The molecule has 3 nitrogen and oxygen atoms in total.